The molecule has 4 heteroatoms. The second-order valence-corrected chi connectivity index (χ2v) is 5.61. The summed E-state index contributed by atoms with van der Waals surface area (Å²) in [5.41, 5.74) is 9.60. The first-order valence-corrected chi connectivity index (χ1v) is 7.44. The first kappa shape index (κ1) is 16.8. The summed E-state index contributed by atoms with van der Waals surface area (Å²) in [4.78, 5) is 0. The van der Waals surface area contributed by atoms with Crippen molar-refractivity contribution < 1.29 is 9.13 Å². The van der Waals surface area contributed by atoms with E-state index in [1.165, 1.54) is 0 Å². The molecule has 0 fully saturated rings. The smallest absolute Gasteiger partial charge is 0.130 e. The Balaban J connectivity index is 0.00000176. The van der Waals surface area contributed by atoms with E-state index in [0.29, 0.717) is 6.54 Å². The van der Waals surface area contributed by atoms with Gasteiger partial charge >= 0.3 is 0 Å². The number of benzene rings is 2. The van der Waals surface area contributed by atoms with Gasteiger partial charge in [0.25, 0.3) is 0 Å². The maximum atomic E-state index is 13.9. The Bertz CT molecular complexity index is 660. The van der Waals surface area contributed by atoms with Crippen molar-refractivity contribution in [2.45, 2.75) is 32.3 Å². The van der Waals surface area contributed by atoms with Gasteiger partial charge in [0.2, 0.25) is 0 Å². The van der Waals surface area contributed by atoms with E-state index in [4.69, 9.17) is 10.5 Å². The topological polar surface area (TPSA) is 35.2 Å². The molecule has 3 rings (SSSR count). The SMILES string of the molecule is Cc1ccccc1-c1cc(F)cc2c1O[C@@H](CCN)CC2.Cl. The lowest BCUT2D eigenvalue weighted by molar-refractivity contribution is 0.167. The number of fused-ring (bicyclic) bond motifs is 1. The fourth-order valence-corrected chi connectivity index (χ4v) is 2.98. The molecule has 0 saturated heterocycles. The van der Waals surface area contributed by atoms with Crippen molar-refractivity contribution in [1.29, 1.82) is 0 Å². The summed E-state index contributed by atoms with van der Waals surface area (Å²) in [6.45, 7) is 2.65. The molecule has 1 atom stereocenters. The van der Waals surface area contributed by atoms with Crippen LogP contribution in [-0.4, -0.2) is 12.6 Å². The molecule has 1 aliphatic rings. The molecule has 1 heterocycles. The van der Waals surface area contributed by atoms with Gasteiger partial charge < -0.3 is 10.5 Å². The summed E-state index contributed by atoms with van der Waals surface area (Å²) >= 11 is 0. The Morgan fingerprint density at radius 1 is 1.23 bits per heavy atom. The highest BCUT2D eigenvalue weighted by molar-refractivity contribution is 5.85. The van der Waals surface area contributed by atoms with Crippen LogP contribution in [0.2, 0.25) is 0 Å². The molecule has 2 nitrogen and oxygen atoms in total. The van der Waals surface area contributed by atoms with Gasteiger partial charge in [-0.25, -0.2) is 4.39 Å². The third-order valence-electron chi connectivity index (χ3n) is 4.07. The lowest BCUT2D eigenvalue weighted by Gasteiger charge is -2.28. The van der Waals surface area contributed by atoms with E-state index in [1.807, 2.05) is 31.2 Å². The third kappa shape index (κ3) is 3.26. The van der Waals surface area contributed by atoms with Crippen molar-refractivity contribution in [2.75, 3.05) is 6.54 Å². The van der Waals surface area contributed by atoms with Crippen LogP contribution in [0.5, 0.6) is 5.75 Å². The summed E-state index contributed by atoms with van der Waals surface area (Å²) in [6, 6.07) is 11.2. The Hall–Kier alpha value is -1.58. The Kier molecular flexibility index (Phi) is 5.43. The molecule has 22 heavy (non-hydrogen) atoms. The van der Waals surface area contributed by atoms with Crippen LogP contribution in [0.25, 0.3) is 11.1 Å². The monoisotopic (exact) mass is 321 g/mol. The first-order valence-electron chi connectivity index (χ1n) is 7.44. The second-order valence-electron chi connectivity index (χ2n) is 5.61. The highest BCUT2D eigenvalue weighted by Crippen LogP contribution is 2.40. The molecule has 0 radical (unpaired) electrons. The molecule has 2 aromatic rings. The number of hydrogen-bond acceptors (Lipinski definition) is 2. The lowest BCUT2D eigenvalue weighted by atomic mass is 9.93. The number of halogens is 2. The van der Waals surface area contributed by atoms with Crippen molar-refractivity contribution in [3.63, 3.8) is 0 Å². The van der Waals surface area contributed by atoms with Gasteiger partial charge in [-0.05, 0) is 61.6 Å². The minimum Gasteiger partial charge on any atom is -0.489 e. The second kappa shape index (κ2) is 7.12. The maximum absolute atomic E-state index is 13.9. The van der Waals surface area contributed by atoms with E-state index in [-0.39, 0.29) is 24.3 Å². The van der Waals surface area contributed by atoms with Crippen molar-refractivity contribution in [1.82, 2.24) is 0 Å². The molecule has 2 aromatic carbocycles. The van der Waals surface area contributed by atoms with E-state index in [9.17, 15) is 4.39 Å². The Morgan fingerprint density at radius 2 is 2.00 bits per heavy atom. The zero-order valence-corrected chi connectivity index (χ0v) is 13.5. The van der Waals surface area contributed by atoms with E-state index < -0.39 is 0 Å². The number of nitrogens with two attached hydrogens (primary N) is 1. The summed E-state index contributed by atoms with van der Waals surface area (Å²) in [5, 5.41) is 0. The molecule has 0 bridgehead atoms. The molecule has 2 N–H and O–H groups in total. The van der Waals surface area contributed by atoms with Crippen LogP contribution in [0.1, 0.15) is 24.0 Å². The molecule has 0 saturated carbocycles. The van der Waals surface area contributed by atoms with Gasteiger partial charge in [0.05, 0.1) is 0 Å². The molecule has 1 aliphatic heterocycles. The van der Waals surface area contributed by atoms with Crippen LogP contribution >= 0.6 is 12.4 Å². The molecule has 0 spiro atoms. The molecular weight excluding hydrogens is 301 g/mol. The van der Waals surface area contributed by atoms with Crippen LogP contribution in [0.4, 0.5) is 4.39 Å². The van der Waals surface area contributed by atoms with Crippen LogP contribution in [0, 0.1) is 12.7 Å². The van der Waals surface area contributed by atoms with Crippen LogP contribution < -0.4 is 10.5 Å². The molecule has 0 aliphatic carbocycles. The molecule has 0 amide bonds. The number of hydrogen-bond donors (Lipinski definition) is 1. The maximum Gasteiger partial charge on any atom is 0.130 e. The van der Waals surface area contributed by atoms with Gasteiger partial charge in [-0.2, -0.15) is 0 Å². The van der Waals surface area contributed by atoms with Gasteiger partial charge in [0.1, 0.15) is 17.7 Å². The third-order valence-corrected chi connectivity index (χ3v) is 4.07. The number of ether oxygens (including phenoxy) is 1. The van der Waals surface area contributed by atoms with E-state index >= 15 is 0 Å². The number of aryl methyl sites for hydroxylation is 2. The van der Waals surface area contributed by atoms with E-state index in [2.05, 4.69) is 0 Å². The van der Waals surface area contributed by atoms with Crippen molar-refractivity contribution in [3.8, 4) is 16.9 Å². The predicted octanol–water partition coefficient (Wildman–Crippen LogP) is 4.27. The largest absolute Gasteiger partial charge is 0.489 e. The van der Waals surface area contributed by atoms with Gasteiger partial charge in [-0.3, -0.25) is 0 Å². The molecule has 118 valence electrons. The number of rotatable bonds is 3. The summed E-state index contributed by atoms with van der Waals surface area (Å²) in [6.07, 6.45) is 2.72. The average molecular weight is 322 g/mol. The highest BCUT2D eigenvalue weighted by Gasteiger charge is 2.23. The van der Waals surface area contributed by atoms with Crippen molar-refractivity contribution >= 4 is 12.4 Å². The van der Waals surface area contributed by atoms with E-state index in [1.54, 1.807) is 12.1 Å². The van der Waals surface area contributed by atoms with Crippen LogP contribution in [-0.2, 0) is 6.42 Å². The Labute approximate surface area is 136 Å². The van der Waals surface area contributed by atoms with Crippen molar-refractivity contribution in [2.24, 2.45) is 5.73 Å². The van der Waals surface area contributed by atoms with E-state index in [0.717, 1.165) is 47.3 Å². The zero-order chi connectivity index (χ0) is 14.8. The average Bonchev–Trinajstić information content (AvgIpc) is 2.48. The molecular formula is C18H21ClFNO. The van der Waals surface area contributed by atoms with Gasteiger partial charge in [-0.15, -0.1) is 12.4 Å². The summed E-state index contributed by atoms with van der Waals surface area (Å²) in [7, 11) is 0. The molecule has 0 unspecified atom stereocenters. The lowest BCUT2D eigenvalue weighted by Crippen LogP contribution is -2.26. The standard InChI is InChI=1S/C18H20FNO.ClH/c1-12-4-2-3-5-16(12)17-11-14(19)10-13-6-7-15(8-9-20)21-18(13)17;/h2-5,10-11,15H,6-9,20H2,1H3;1H/t15-;/m1./s1. The van der Waals surface area contributed by atoms with Crippen LogP contribution in [0.3, 0.4) is 0 Å². The summed E-state index contributed by atoms with van der Waals surface area (Å²) in [5.74, 6) is 0.628. The fraction of sp³-hybridized carbons (Fsp3) is 0.333. The Morgan fingerprint density at radius 3 is 2.73 bits per heavy atom. The van der Waals surface area contributed by atoms with Gasteiger partial charge in [0, 0.05) is 5.56 Å². The van der Waals surface area contributed by atoms with Crippen molar-refractivity contribution in [3.05, 3.63) is 53.3 Å². The zero-order valence-electron chi connectivity index (χ0n) is 12.6. The highest BCUT2D eigenvalue weighted by atomic mass is 35.5. The quantitative estimate of drug-likeness (QED) is 0.916. The first-order chi connectivity index (χ1) is 10.2. The minimum atomic E-state index is -0.201. The van der Waals surface area contributed by atoms with Gasteiger partial charge in [0.15, 0.2) is 0 Å². The fourth-order valence-electron chi connectivity index (χ4n) is 2.98. The van der Waals surface area contributed by atoms with Crippen LogP contribution in [0.15, 0.2) is 36.4 Å². The van der Waals surface area contributed by atoms with Gasteiger partial charge in [-0.1, -0.05) is 24.3 Å². The predicted molar refractivity (Wildman–Crippen MR) is 90.2 cm³/mol. The minimum absolute atomic E-state index is 0. The molecule has 0 aromatic heterocycles. The summed E-state index contributed by atoms with van der Waals surface area (Å²) < 4.78 is 20.1. The normalized spacial score (nSPS) is 16.4.